The Morgan fingerprint density at radius 1 is 1.67 bits per heavy atom. The molecule has 6 nitrogen and oxygen atoms in total. The highest BCUT2D eigenvalue weighted by molar-refractivity contribution is 5.18. The molecule has 2 aromatic rings. The van der Waals surface area contributed by atoms with Crippen molar-refractivity contribution in [3.63, 3.8) is 0 Å². The Balaban J connectivity index is 2.27. The third-order valence-corrected chi connectivity index (χ3v) is 2.27. The molecule has 0 bridgehead atoms. The molecule has 2 aromatic heterocycles. The first-order valence-corrected chi connectivity index (χ1v) is 4.83. The van der Waals surface area contributed by atoms with Gasteiger partial charge in [-0.2, -0.15) is 5.10 Å². The zero-order valence-corrected chi connectivity index (χ0v) is 8.51. The van der Waals surface area contributed by atoms with Gasteiger partial charge in [0.2, 0.25) is 0 Å². The number of hydrazine groups is 1. The minimum absolute atomic E-state index is 0.139. The number of hydrogen-bond donors (Lipinski definition) is 3. The lowest BCUT2D eigenvalue weighted by atomic mass is 10.1. The summed E-state index contributed by atoms with van der Waals surface area (Å²) >= 11 is 0. The highest BCUT2D eigenvalue weighted by Crippen LogP contribution is 2.16. The highest BCUT2D eigenvalue weighted by Gasteiger charge is 2.15. The largest absolute Gasteiger partial charge is 0.347 e. The molecule has 2 heterocycles. The Hall–Kier alpha value is -1.66. The van der Waals surface area contributed by atoms with Gasteiger partial charge in [0.15, 0.2) is 0 Å². The van der Waals surface area contributed by atoms with Crippen LogP contribution in [0.4, 0.5) is 0 Å². The van der Waals surface area contributed by atoms with Crippen LogP contribution in [0.25, 0.3) is 0 Å². The van der Waals surface area contributed by atoms with Crippen molar-refractivity contribution in [3.8, 4) is 0 Å². The lowest BCUT2D eigenvalue weighted by molar-refractivity contribution is 0.604. The minimum atomic E-state index is -0.139. The summed E-state index contributed by atoms with van der Waals surface area (Å²) in [5.41, 5.74) is 3.71. The van der Waals surface area contributed by atoms with E-state index in [1.807, 2.05) is 17.8 Å². The van der Waals surface area contributed by atoms with Crippen molar-refractivity contribution in [1.29, 1.82) is 0 Å². The maximum absolute atomic E-state index is 5.50. The molecule has 15 heavy (non-hydrogen) atoms. The maximum Gasteiger partial charge on any atom is 0.129 e. The number of nitrogens with one attached hydrogen (secondary N) is 2. The van der Waals surface area contributed by atoms with Gasteiger partial charge in [-0.3, -0.25) is 10.5 Å². The van der Waals surface area contributed by atoms with Crippen LogP contribution in [0, 0.1) is 0 Å². The van der Waals surface area contributed by atoms with E-state index < -0.39 is 0 Å². The van der Waals surface area contributed by atoms with E-state index in [2.05, 4.69) is 20.5 Å². The second-order valence-electron chi connectivity index (χ2n) is 3.20. The van der Waals surface area contributed by atoms with Gasteiger partial charge in [0.1, 0.15) is 11.9 Å². The maximum atomic E-state index is 5.50. The smallest absolute Gasteiger partial charge is 0.129 e. The summed E-state index contributed by atoms with van der Waals surface area (Å²) in [6.45, 7) is 2.88. The van der Waals surface area contributed by atoms with E-state index in [-0.39, 0.29) is 6.04 Å². The van der Waals surface area contributed by atoms with E-state index in [4.69, 9.17) is 5.84 Å². The average molecular weight is 206 g/mol. The van der Waals surface area contributed by atoms with Gasteiger partial charge in [-0.25, -0.2) is 10.4 Å². The van der Waals surface area contributed by atoms with Gasteiger partial charge in [-0.1, -0.05) is 0 Å². The molecule has 0 aliphatic carbocycles. The molecule has 0 aromatic carbocycles. The summed E-state index contributed by atoms with van der Waals surface area (Å²) in [5.74, 6) is 6.29. The average Bonchev–Trinajstić information content (AvgIpc) is 2.89. The van der Waals surface area contributed by atoms with Crippen LogP contribution >= 0.6 is 0 Å². The molecule has 0 fully saturated rings. The Morgan fingerprint density at radius 3 is 3.07 bits per heavy atom. The Kier molecular flexibility index (Phi) is 2.79. The fourth-order valence-corrected chi connectivity index (χ4v) is 1.47. The van der Waals surface area contributed by atoms with E-state index in [9.17, 15) is 0 Å². The van der Waals surface area contributed by atoms with Crippen molar-refractivity contribution in [2.24, 2.45) is 5.84 Å². The molecular weight excluding hydrogens is 192 g/mol. The van der Waals surface area contributed by atoms with Gasteiger partial charge in [0.05, 0.1) is 6.20 Å². The summed E-state index contributed by atoms with van der Waals surface area (Å²) in [5, 5.41) is 4.19. The van der Waals surface area contributed by atoms with E-state index >= 15 is 0 Å². The molecule has 2 rings (SSSR count). The monoisotopic (exact) mass is 206 g/mol. The van der Waals surface area contributed by atoms with Gasteiger partial charge in [0, 0.05) is 30.7 Å². The van der Waals surface area contributed by atoms with E-state index in [0.717, 1.165) is 17.9 Å². The van der Waals surface area contributed by atoms with Gasteiger partial charge < -0.3 is 4.98 Å². The molecule has 0 radical (unpaired) electrons. The normalized spacial score (nSPS) is 12.9. The summed E-state index contributed by atoms with van der Waals surface area (Å²) in [7, 11) is 0. The first kappa shape index (κ1) is 9.88. The topological polar surface area (TPSA) is 84.5 Å². The number of hydrogen-bond acceptors (Lipinski definition) is 4. The van der Waals surface area contributed by atoms with Crippen molar-refractivity contribution in [2.45, 2.75) is 19.5 Å². The number of nitrogens with zero attached hydrogens (tertiary/aromatic N) is 3. The fraction of sp³-hybridized carbons (Fsp3) is 0.333. The fourth-order valence-electron chi connectivity index (χ4n) is 1.47. The molecule has 0 saturated carbocycles. The lowest BCUT2D eigenvalue weighted by Crippen LogP contribution is -2.29. The molecule has 0 saturated heterocycles. The summed E-state index contributed by atoms with van der Waals surface area (Å²) in [4.78, 5) is 7.19. The van der Waals surface area contributed by atoms with Crippen molar-refractivity contribution in [2.75, 3.05) is 0 Å². The minimum Gasteiger partial charge on any atom is -0.347 e. The van der Waals surface area contributed by atoms with Crippen molar-refractivity contribution in [1.82, 2.24) is 25.2 Å². The molecular formula is C9H14N6. The molecule has 0 aliphatic heterocycles. The number of aromatic amines is 1. The van der Waals surface area contributed by atoms with Crippen LogP contribution in [0.2, 0.25) is 0 Å². The third kappa shape index (κ3) is 1.90. The molecule has 0 amide bonds. The second-order valence-corrected chi connectivity index (χ2v) is 3.20. The second kappa shape index (κ2) is 4.24. The number of aryl methyl sites for hydroxylation is 1. The summed E-state index contributed by atoms with van der Waals surface area (Å²) < 4.78 is 1.85. The molecule has 80 valence electrons. The molecule has 1 atom stereocenters. The van der Waals surface area contributed by atoms with Crippen LogP contribution < -0.4 is 11.3 Å². The summed E-state index contributed by atoms with van der Waals surface area (Å²) in [6, 6.07) is -0.139. The van der Waals surface area contributed by atoms with Crippen LogP contribution in [0.5, 0.6) is 0 Å². The quantitative estimate of drug-likeness (QED) is 0.492. The van der Waals surface area contributed by atoms with Crippen LogP contribution in [0.3, 0.4) is 0 Å². The molecule has 6 heteroatoms. The number of aromatic nitrogens is 4. The molecule has 0 spiro atoms. The van der Waals surface area contributed by atoms with Crippen LogP contribution in [0.15, 0.2) is 24.8 Å². The van der Waals surface area contributed by atoms with Crippen molar-refractivity contribution < 1.29 is 0 Å². The summed E-state index contributed by atoms with van der Waals surface area (Å²) in [6.07, 6.45) is 7.21. The van der Waals surface area contributed by atoms with E-state index in [0.29, 0.717) is 0 Å². The first-order chi connectivity index (χ1) is 7.35. The SMILES string of the molecule is CCn1cc(C(NN)c2ncc[nH]2)cn1. The number of nitrogens with two attached hydrogens (primary N) is 1. The van der Waals surface area contributed by atoms with Crippen LogP contribution in [0.1, 0.15) is 24.4 Å². The Labute approximate surface area is 87.5 Å². The van der Waals surface area contributed by atoms with Gasteiger partial charge in [0.25, 0.3) is 0 Å². The van der Waals surface area contributed by atoms with Gasteiger partial charge >= 0.3 is 0 Å². The predicted octanol–water partition coefficient (Wildman–Crippen LogP) is 0.179. The van der Waals surface area contributed by atoms with Crippen molar-refractivity contribution in [3.05, 3.63) is 36.2 Å². The Morgan fingerprint density at radius 2 is 2.53 bits per heavy atom. The van der Waals surface area contributed by atoms with Gasteiger partial charge in [-0.05, 0) is 6.92 Å². The lowest BCUT2D eigenvalue weighted by Gasteiger charge is -2.10. The Bertz CT molecular complexity index is 404. The number of H-pyrrole nitrogens is 1. The number of imidazole rings is 1. The third-order valence-electron chi connectivity index (χ3n) is 2.27. The standard InChI is InChI=1S/C9H14N6/c1-2-15-6-7(5-13-15)8(14-10)9-11-3-4-12-9/h3-6,8,14H,2,10H2,1H3,(H,11,12). The zero-order valence-electron chi connectivity index (χ0n) is 8.51. The molecule has 0 aliphatic rings. The highest BCUT2D eigenvalue weighted by atomic mass is 15.3. The van der Waals surface area contributed by atoms with E-state index in [1.165, 1.54) is 0 Å². The molecule has 4 N–H and O–H groups in total. The van der Waals surface area contributed by atoms with Crippen molar-refractivity contribution >= 4 is 0 Å². The van der Waals surface area contributed by atoms with Crippen LogP contribution in [-0.2, 0) is 6.54 Å². The zero-order chi connectivity index (χ0) is 10.7. The first-order valence-electron chi connectivity index (χ1n) is 4.83. The van der Waals surface area contributed by atoms with Crippen LogP contribution in [-0.4, -0.2) is 19.7 Å². The number of rotatable bonds is 4. The van der Waals surface area contributed by atoms with E-state index in [1.54, 1.807) is 18.6 Å². The molecule has 1 unspecified atom stereocenters. The predicted molar refractivity (Wildman–Crippen MR) is 55.7 cm³/mol. The van der Waals surface area contributed by atoms with Gasteiger partial charge in [-0.15, -0.1) is 0 Å².